The molecule has 6 N–H and O–H groups in total. The van der Waals surface area contributed by atoms with Gasteiger partial charge < -0.3 is 39.9 Å². The molecular weight excluding hydrogens is 799 g/mol. The van der Waals surface area contributed by atoms with Gasteiger partial charge in [0, 0.05) is 13.0 Å². The number of carbonyl (C=O) groups excluding carboxylic acids is 1. The van der Waals surface area contributed by atoms with Crippen LogP contribution < -0.4 is 0 Å². The number of aliphatic hydroxyl groups is 5. The smallest absolute Gasteiger partial charge is 0.457 e. The third kappa shape index (κ3) is 30.3. The van der Waals surface area contributed by atoms with E-state index in [-0.39, 0.29) is 13.0 Å². The third-order valence-corrected chi connectivity index (χ3v) is 11.0. The Morgan fingerprint density at radius 1 is 0.541 bits per heavy atom. The lowest BCUT2D eigenvalue weighted by atomic mass is 9.85. The largest absolute Gasteiger partial charge is 0.472 e. The van der Waals surface area contributed by atoms with Crippen LogP contribution in [0.3, 0.4) is 0 Å². The highest BCUT2D eigenvalue weighted by atomic mass is 31.2. The van der Waals surface area contributed by atoms with Crippen LogP contribution in [0.25, 0.3) is 0 Å². The molecule has 350 valence electrons. The monoisotopic (exact) mass is 881 g/mol. The highest BCUT2D eigenvalue weighted by Crippen LogP contribution is 2.47. The first-order valence-corrected chi connectivity index (χ1v) is 24.4. The van der Waals surface area contributed by atoms with E-state index in [1.54, 1.807) is 0 Å². The minimum Gasteiger partial charge on any atom is -0.457 e. The van der Waals surface area contributed by atoms with Crippen molar-refractivity contribution in [3.63, 3.8) is 0 Å². The van der Waals surface area contributed by atoms with Gasteiger partial charge in [0.05, 0.1) is 13.2 Å². The average molecular weight is 881 g/mol. The molecule has 0 bridgehead atoms. The minimum atomic E-state index is -5.04. The molecule has 0 aliphatic heterocycles. The Kier molecular flexibility index (Phi) is 35.2. The Labute approximate surface area is 367 Å². The van der Waals surface area contributed by atoms with Gasteiger partial charge >= 0.3 is 13.8 Å². The number of aliphatic hydroxyl groups excluding tert-OH is 5. The fraction of sp³-hybridized carbons (Fsp3) is 0.688. The molecule has 0 radical (unpaired) electrons. The van der Waals surface area contributed by atoms with Gasteiger partial charge in [-0.15, -0.1) is 0 Å². The van der Waals surface area contributed by atoms with Crippen LogP contribution in [0.4, 0.5) is 0 Å². The van der Waals surface area contributed by atoms with Gasteiger partial charge in [-0.05, 0) is 89.9 Å². The van der Waals surface area contributed by atoms with Crippen molar-refractivity contribution < 1.29 is 58.3 Å². The lowest BCUT2D eigenvalue weighted by Crippen LogP contribution is -2.64. The quantitative estimate of drug-likeness (QED) is 0.0150. The summed E-state index contributed by atoms with van der Waals surface area (Å²) >= 11 is 0. The Hall–Kier alpha value is -2.48. The van der Waals surface area contributed by atoms with Gasteiger partial charge in [-0.3, -0.25) is 13.8 Å². The normalized spacial score (nSPS) is 23.0. The topological polar surface area (TPSA) is 192 Å². The molecule has 12 nitrogen and oxygen atoms in total. The van der Waals surface area contributed by atoms with E-state index in [1.165, 1.54) is 25.7 Å². The standard InChI is InChI=1S/C48H81O12P/c1-3-5-7-9-11-13-15-17-19-21-22-24-26-28-30-32-34-36-38-57-39-41(40-58-61(55,56)60-48-46(53)44(51)43(50)45(52)47(48)54)59-42(49)37-35-33-31-29-27-25-23-20-18-16-14-12-10-8-6-4-2/h5,7,11,13-14,16-17,19-20,22-24,28,30,41,43-48,50-54H,3-4,6,8-10,12,15,18,21,25-27,29,31-40H2,1-2H3,(H,55,56)/b7-5-,13-11-,16-14-,19-17-,23-20-,24-22-,30-28-. The van der Waals surface area contributed by atoms with Crippen molar-refractivity contribution in [2.24, 2.45) is 0 Å². The van der Waals surface area contributed by atoms with Crippen molar-refractivity contribution in [3.05, 3.63) is 85.1 Å². The molecular formula is C48H81O12P. The number of rotatable bonds is 37. The van der Waals surface area contributed by atoms with Gasteiger partial charge in [0.2, 0.25) is 0 Å². The predicted molar refractivity (Wildman–Crippen MR) is 244 cm³/mol. The number of ether oxygens (including phenoxy) is 2. The molecule has 0 heterocycles. The Morgan fingerprint density at radius 3 is 1.48 bits per heavy atom. The first kappa shape index (κ1) is 56.5. The number of hydrogen-bond donors (Lipinski definition) is 6. The summed E-state index contributed by atoms with van der Waals surface area (Å²) in [6.45, 7) is 3.99. The summed E-state index contributed by atoms with van der Waals surface area (Å²) in [5.41, 5.74) is 0. The molecule has 13 heteroatoms. The Balaban J connectivity index is 2.46. The molecule has 1 fully saturated rings. The Bertz CT molecular complexity index is 1330. The van der Waals surface area contributed by atoms with Gasteiger partial charge in [0.25, 0.3) is 0 Å². The zero-order valence-corrected chi connectivity index (χ0v) is 38.1. The summed E-state index contributed by atoms with van der Waals surface area (Å²) in [5.74, 6) is -0.510. The van der Waals surface area contributed by atoms with Crippen LogP contribution in [0, 0.1) is 0 Å². The van der Waals surface area contributed by atoms with Gasteiger partial charge in [0.15, 0.2) is 0 Å². The highest BCUT2D eigenvalue weighted by molar-refractivity contribution is 7.47. The number of phosphoric ester groups is 1. The van der Waals surface area contributed by atoms with E-state index < -0.39 is 63.1 Å². The summed E-state index contributed by atoms with van der Waals surface area (Å²) in [6, 6.07) is 0. The second-order valence-electron chi connectivity index (χ2n) is 15.5. The maximum Gasteiger partial charge on any atom is 0.472 e. The molecule has 1 aliphatic rings. The number of carbonyl (C=O) groups is 1. The number of unbranched alkanes of at least 4 members (excludes halogenated alkanes) is 11. The summed E-state index contributed by atoms with van der Waals surface area (Å²) < 4.78 is 34.1. The molecule has 61 heavy (non-hydrogen) atoms. The van der Waals surface area contributed by atoms with Crippen LogP contribution in [0.5, 0.6) is 0 Å². The highest BCUT2D eigenvalue weighted by Gasteiger charge is 2.51. The van der Waals surface area contributed by atoms with Crippen LogP contribution in [0.2, 0.25) is 0 Å². The summed E-state index contributed by atoms with van der Waals surface area (Å²) in [7, 11) is -5.04. The van der Waals surface area contributed by atoms with Crippen molar-refractivity contribution >= 4 is 13.8 Å². The fourth-order valence-electron chi connectivity index (χ4n) is 6.35. The number of esters is 1. The van der Waals surface area contributed by atoms with Crippen molar-refractivity contribution in [1.29, 1.82) is 0 Å². The van der Waals surface area contributed by atoms with Gasteiger partial charge in [-0.1, -0.05) is 137 Å². The van der Waals surface area contributed by atoms with Gasteiger partial charge in [0.1, 0.15) is 42.7 Å². The maximum absolute atomic E-state index is 12.8. The predicted octanol–water partition coefficient (Wildman–Crippen LogP) is 9.36. The lowest BCUT2D eigenvalue weighted by molar-refractivity contribution is -0.220. The summed E-state index contributed by atoms with van der Waals surface area (Å²) in [6.07, 6.45) is 37.9. The number of phosphoric acid groups is 1. The lowest BCUT2D eigenvalue weighted by Gasteiger charge is -2.41. The first-order chi connectivity index (χ1) is 29.5. The van der Waals surface area contributed by atoms with E-state index in [0.29, 0.717) is 13.0 Å². The Morgan fingerprint density at radius 2 is 0.967 bits per heavy atom. The van der Waals surface area contributed by atoms with Crippen LogP contribution >= 0.6 is 7.82 Å². The second kappa shape index (κ2) is 38.0. The third-order valence-electron chi connectivity index (χ3n) is 10.0. The van der Waals surface area contributed by atoms with E-state index in [9.17, 15) is 39.8 Å². The van der Waals surface area contributed by atoms with Crippen LogP contribution in [-0.4, -0.2) is 98.9 Å². The fourth-order valence-corrected chi connectivity index (χ4v) is 7.32. The molecule has 1 aliphatic carbocycles. The van der Waals surface area contributed by atoms with E-state index in [1.807, 2.05) is 0 Å². The molecule has 0 amide bonds. The molecule has 0 spiro atoms. The van der Waals surface area contributed by atoms with Crippen LogP contribution in [0.1, 0.15) is 149 Å². The van der Waals surface area contributed by atoms with E-state index in [4.69, 9.17) is 18.5 Å². The maximum atomic E-state index is 12.8. The first-order valence-electron chi connectivity index (χ1n) is 22.9. The molecule has 1 rings (SSSR count). The summed E-state index contributed by atoms with van der Waals surface area (Å²) in [5, 5.41) is 50.2. The zero-order valence-electron chi connectivity index (χ0n) is 37.2. The molecule has 1 saturated carbocycles. The van der Waals surface area contributed by atoms with Crippen molar-refractivity contribution in [3.8, 4) is 0 Å². The zero-order chi connectivity index (χ0) is 44.8. The van der Waals surface area contributed by atoms with Gasteiger partial charge in [-0.25, -0.2) is 4.57 Å². The SMILES string of the molecule is CC/C=C\C/C=C\C/C=C\C/C=C\C/C=C\CCCCOCC(COP(=O)(O)OC1C(O)C(O)C(O)C(O)C1O)OC(=O)CCCCCCC/C=C\C/C=C\CCCCCC. The van der Waals surface area contributed by atoms with E-state index >= 15 is 0 Å². The molecule has 0 aromatic rings. The molecule has 0 aromatic heterocycles. The second-order valence-corrected chi connectivity index (χ2v) is 16.9. The van der Waals surface area contributed by atoms with E-state index in [2.05, 4.69) is 98.9 Å². The van der Waals surface area contributed by atoms with Crippen molar-refractivity contribution in [1.82, 2.24) is 0 Å². The number of hydrogen-bond acceptors (Lipinski definition) is 11. The molecule has 6 unspecified atom stereocenters. The summed E-state index contributed by atoms with van der Waals surface area (Å²) in [4.78, 5) is 23.1. The van der Waals surface area contributed by atoms with E-state index in [0.717, 1.165) is 96.3 Å². The van der Waals surface area contributed by atoms with Gasteiger partial charge in [-0.2, -0.15) is 0 Å². The van der Waals surface area contributed by atoms with Crippen LogP contribution in [0.15, 0.2) is 85.1 Å². The molecule has 0 saturated heterocycles. The number of allylic oxidation sites excluding steroid dienone is 14. The molecule has 6 atom stereocenters. The molecule has 0 aromatic carbocycles. The average Bonchev–Trinajstić information content (AvgIpc) is 3.24. The minimum absolute atomic E-state index is 0.117. The van der Waals surface area contributed by atoms with Crippen molar-refractivity contribution in [2.45, 2.75) is 191 Å². The van der Waals surface area contributed by atoms with Crippen LogP contribution in [-0.2, 0) is 27.9 Å². The van der Waals surface area contributed by atoms with Crippen molar-refractivity contribution in [2.75, 3.05) is 19.8 Å².